The molecule has 1 aliphatic rings. The highest BCUT2D eigenvalue weighted by atomic mass is 16.5. The number of imidazole rings is 1. The van der Waals surface area contributed by atoms with Crippen LogP contribution in [-0.4, -0.2) is 53.7 Å². The van der Waals surface area contributed by atoms with Gasteiger partial charge in [-0.15, -0.1) is 0 Å². The summed E-state index contributed by atoms with van der Waals surface area (Å²) < 4.78 is 17.2. The Morgan fingerprint density at radius 3 is 2.50 bits per heavy atom. The van der Waals surface area contributed by atoms with E-state index in [1.165, 1.54) is 22.9 Å². The molecule has 10 heteroatoms. The molecule has 188 valence electrons. The third kappa shape index (κ3) is 4.37. The van der Waals surface area contributed by atoms with Gasteiger partial charge in [0.05, 0.1) is 33.7 Å². The Morgan fingerprint density at radius 2 is 1.83 bits per heavy atom. The van der Waals surface area contributed by atoms with Crippen molar-refractivity contribution in [2.45, 2.75) is 32.5 Å². The third-order valence-corrected chi connectivity index (χ3v) is 6.12. The number of fused-ring (bicyclic) bond motifs is 1. The van der Waals surface area contributed by atoms with Crippen molar-refractivity contribution >= 4 is 23.5 Å². The Hall–Kier alpha value is -4.34. The van der Waals surface area contributed by atoms with Gasteiger partial charge >= 0.3 is 5.97 Å². The minimum absolute atomic E-state index is 0.0609. The van der Waals surface area contributed by atoms with Crippen molar-refractivity contribution in [3.05, 3.63) is 71.8 Å². The third-order valence-electron chi connectivity index (χ3n) is 6.12. The smallest absolute Gasteiger partial charge is 0.359 e. The molecule has 2 heterocycles. The predicted octanol–water partition coefficient (Wildman–Crippen LogP) is 2.81. The molecule has 0 spiro atoms. The molecule has 3 aromatic rings. The van der Waals surface area contributed by atoms with Gasteiger partial charge in [0.2, 0.25) is 5.91 Å². The second-order valence-electron chi connectivity index (χ2n) is 8.40. The lowest BCUT2D eigenvalue weighted by Crippen LogP contribution is -2.64. The number of nitrogens with zero attached hydrogens (tertiary/aromatic N) is 3. The molecule has 1 aliphatic heterocycles. The average molecular weight is 493 g/mol. The van der Waals surface area contributed by atoms with E-state index in [-0.39, 0.29) is 30.4 Å². The van der Waals surface area contributed by atoms with E-state index in [0.717, 1.165) is 5.56 Å². The first kappa shape index (κ1) is 24.8. The molecule has 0 unspecified atom stereocenters. The fraction of sp³-hybridized carbons (Fsp3) is 0.308. The molecule has 1 aromatic heterocycles. The Kier molecular flexibility index (Phi) is 6.96. The largest absolute Gasteiger partial charge is 0.496 e. The molecule has 0 bridgehead atoms. The predicted molar refractivity (Wildman–Crippen MR) is 131 cm³/mol. The molecular weight excluding hydrogens is 464 g/mol. The van der Waals surface area contributed by atoms with E-state index in [0.29, 0.717) is 23.8 Å². The first-order valence-electron chi connectivity index (χ1n) is 11.4. The van der Waals surface area contributed by atoms with Crippen LogP contribution < -0.4 is 19.7 Å². The second kappa shape index (κ2) is 10.1. The molecule has 0 saturated carbocycles. The zero-order chi connectivity index (χ0) is 25.9. The molecule has 1 N–H and O–H groups in total. The quantitative estimate of drug-likeness (QED) is 0.481. The number of para-hydroxylation sites is 1. The van der Waals surface area contributed by atoms with Crippen LogP contribution in [0.1, 0.15) is 40.4 Å². The van der Waals surface area contributed by atoms with Gasteiger partial charge in [0.25, 0.3) is 5.91 Å². The summed E-state index contributed by atoms with van der Waals surface area (Å²) >= 11 is 0. The number of hydrogen-bond donors (Lipinski definition) is 1. The van der Waals surface area contributed by atoms with Crippen molar-refractivity contribution in [2.75, 3.05) is 25.7 Å². The van der Waals surface area contributed by atoms with E-state index in [4.69, 9.17) is 14.2 Å². The standard InChI is InChI=1S/C26H28N4O6/c1-5-36-19-12-10-18(11-13-19)30-23(31)22-21(24(32)35-4)28-16-29(22)15-26(30,2)25(33)27-14-17-8-6-7-9-20(17)34-3/h6-13,16H,5,14-15H2,1-4H3,(H,27,33)/t26-/m1/s1. The molecule has 10 nitrogen and oxygen atoms in total. The number of amides is 2. The van der Waals surface area contributed by atoms with Gasteiger partial charge in [-0.3, -0.25) is 14.5 Å². The number of ether oxygens (including phenoxy) is 3. The molecule has 1 atom stereocenters. The fourth-order valence-electron chi connectivity index (χ4n) is 4.35. The molecule has 0 aliphatic carbocycles. The molecule has 0 radical (unpaired) electrons. The number of rotatable bonds is 8. The van der Waals surface area contributed by atoms with Gasteiger partial charge < -0.3 is 24.1 Å². The van der Waals surface area contributed by atoms with E-state index in [9.17, 15) is 14.4 Å². The number of aromatic nitrogens is 2. The molecule has 2 amide bonds. The topological polar surface area (TPSA) is 112 Å². The number of esters is 1. The first-order chi connectivity index (χ1) is 17.3. The Bertz CT molecular complexity index is 1290. The second-order valence-corrected chi connectivity index (χ2v) is 8.40. The number of methoxy groups -OCH3 is 2. The van der Waals surface area contributed by atoms with Crippen LogP contribution in [0.15, 0.2) is 54.9 Å². The van der Waals surface area contributed by atoms with Crippen molar-refractivity contribution in [3.63, 3.8) is 0 Å². The summed E-state index contributed by atoms with van der Waals surface area (Å²) in [6.07, 6.45) is 1.38. The highest BCUT2D eigenvalue weighted by Crippen LogP contribution is 2.35. The van der Waals surface area contributed by atoms with Crippen molar-refractivity contribution in [1.29, 1.82) is 0 Å². The van der Waals surface area contributed by atoms with Crippen LogP contribution in [0.4, 0.5) is 5.69 Å². The normalized spacial score (nSPS) is 16.8. The molecular formula is C26H28N4O6. The zero-order valence-electron chi connectivity index (χ0n) is 20.6. The number of carbonyl (C=O) groups is 3. The summed E-state index contributed by atoms with van der Waals surface area (Å²) in [5, 5.41) is 2.94. The van der Waals surface area contributed by atoms with E-state index < -0.39 is 17.4 Å². The average Bonchev–Trinajstić information content (AvgIpc) is 3.31. The molecule has 2 aromatic carbocycles. The number of anilines is 1. The van der Waals surface area contributed by atoms with Gasteiger partial charge in [0.1, 0.15) is 22.7 Å². The highest BCUT2D eigenvalue weighted by molar-refractivity contribution is 6.15. The Morgan fingerprint density at radius 1 is 1.11 bits per heavy atom. The van der Waals surface area contributed by atoms with Crippen LogP contribution in [-0.2, 0) is 22.6 Å². The van der Waals surface area contributed by atoms with Gasteiger partial charge in [-0.2, -0.15) is 0 Å². The van der Waals surface area contributed by atoms with Crippen LogP contribution in [0.3, 0.4) is 0 Å². The van der Waals surface area contributed by atoms with Crippen LogP contribution >= 0.6 is 0 Å². The van der Waals surface area contributed by atoms with Gasteiger partial charge in [0, 0.05) is 17.8 Å². The first-order valence-corrected chi connectivity index (χ1v) is 11.4. The van der Waals surface area contributed by atoms with E-state index in [1.807, 2.05) is 31.2 Å². The summed E-state index contributed by atoms with van der Waals surface area (Å²) in [5.41, 5.74) is -0.113. The molecule has 0 fully saturated rings. The van der Waals surface area contributed by atoms with Crippen molar-refractivity contribution < 1.29 is 28.6 Å². The highest BCUT2D eigenvalue weighted by Gasteiger charge is 2.49. The number of nitrogens with one attached hydrogen (secondary N) is 1. The van der Waals surface area contributed by atoms with Crippen LogP contribution in [0.2, 0.25) is 0 Å². The number of carbonyl (C=O) groups excluding carboxylic acids is 3. The van der Waals surface area contributed by atoms with Crippen molar-refractivity contribution in [3.8, 4) is 11.5 Å². The van der Waals surface area contributed by atoms with Crippen molar-refractivity contribution in [2.24, 2.45) is 0 Å². The van der Waals surface area contributed by atoms with Crippen LogP contribution in [0.5, 0.6) is 11.5 Å². The lowest BCUT2D eigenvalue weighted by molar-refractivity contribution is -0.126. The minimum Gasteiger partial charge on any atom is -0.496 e. The maximum absolute atomic E-state index is 13.9. The summed E-state index contributed by atoms with van der Waals surface area (Å²) in [4.78, 5) is 45.3. The number of benzene rings is 2. The lowest BCUT2D eigenvalue weighted by Gasteiger charge is -2.43. The molecule has 4 rings (SSSR count). The van der Waals surface area contributed by atoms with Crippen molar-refractivity contribution in [1.82, 2.24) is 14.9 Å². The Balaban J connectivity index is 1.73. The zero-order valence-corrected chi connectivity index (χ0v) is 20.6. The lowest BCUT2D eigenvalue weighted by atomic mass is 9.93. The SMILES string of the molecule is CCOc1ccc(N2C(=O)c3c(C(=O)OC)ncn3C[C@]2(C)C(=O)NCc2ccccc2OC)cc1. The van der Waals surface area contributed by atoms with Gasteiger partial charge in [-0.1, -0.05) is 18.2 Å². The van der Waals surface area contributed by atoms with Crippen LogP contribution in [0, 0.1) is 0 Å². The van der Waals surface area contributed by atoms with E-state index >= 15 is 0 Å². The molecule has 36 heavy (non-hydrogen) atoms. The minimum atomic E-state index is -1.34. The van der Waals surface area contributed by atoms with Gasteiger partial charge in [-0.25, -0.2) is 9.78 Å². The monoisotopic (exact) mass is 492 g/mol. The van der Waals surface area contributed by atoms with Gasteiger partial charge in [0.15, 0.2) is 5.69 Å². The Labute approximate surface area is 208 Å². The summed E-state index contributed by atoms with van der Waals surface area (Å²) in [6.45, 7) is 4.32. The fourth-order valence-corrected chi connectivity index (χ4v) is 4.35. The summed E-state index contributed by atoms with van der Waals surface area (Å²) in [5.74, 6) is -0.375. The van der Waals surface area contributed by atoms with E-state index in [1.54, 1.807) is 38.3 Å². The number of hydrogen-bond acceptors (Lipinski definition) is 7. The maximum Gasteiger partial charge on any atom is 0.359 e. The summed E-state index contributed by atoms with van der Waals surface area (Å²) in [7, 11) is 2.79. The summed E-state index contributed by atoms with van der Waals surface area (Å²) in [6, 6.07) is 14.2. The van der Waals surface area contributed by atoms with Crippen LogP contribution in [0.25, 0.3) is 0 Å². The molecule has 0 saturated heterocycles. The maximum atomic E-state index is 13.9. The van der Waals surface area contributed by atoms with E-state index in [2.05, 4.69) is 10.3 Å². The van der Waals surface area contributed by atoms with Gasteiger partial charge in [-0.05, 0) is 44.2 Å².